The molecule has 0 bridgehead atoms. The zero-order valence-corrected chi connectivity index (χ0v) is 17.5. The average molecular weight is 466 g/mol. The Morgan fingerprint density at radius 3 is 2.52 bits per heavy atom. The molecule has 1 aromatic rings. The number of amides is 1. The number of guanidine groups is 1. The van der Waals surface area contributed by atoms with Crippen molar-refractivity contribution in [2.45, 2.75) is 39.3 Å². The van der Waals surface area contributed by atoms with Crippen molar-refractivity contribution in [3.8, 4) is 5.75 Å². The van der Waals surface area contributed by atoms with Crippen LogP contribution in [-0.2, 0) is 4.79 Å². The molecule has 0 aliphatic rings. The maximum atomic E-state index is 13.5. The predicted molar refractivity (Wildman–Crippen MR) is 109 cm³/mol. The minimum absolute atomic E-state index is 0. The van der Waals surface area contributed by atoms with Crippen LogP contribution in [0.2, 0.25) is 0 Å². The third kappa shape index (κ3) is 10.1. The van der Waals surface area contributed by atoms with Gasteiger partial charge in [0.05, 0.1) is 6.54 Å². The molecular weight excluding hydrogens is 438 g/mol. The molecule has 0 spiro atoms. The molecule has 0 saturated heterocycles. The van der Waals surface area contributed by atoms with Crippen LogP contribution in [0.3, 0.4) is 0 Å². The molecule has 0 saturated carbocycles. The lowest BCUT2D eigenvalue weighted by Gasteiger charge is -2.18. The first-order valence-corrected chi connectivity index (χ1v) is 8.07. The number of aliphatic imine (C=N–C) groups is 1. The van der Waals surface area contributed by atoms with Gasteiger partial charge in [-0.15, -0.1) is 24.0 Å². The lowest BCUT2D eigenvalue weighted by atomic mass is 10.3. The minimum Gasteiger partial charge on any atom is -0.486 e. The van der Waals surface area contributed by atoms with Crippen molar-refractivity contribution >= 4 is 35.8 Å². The van der Waals surface area contributed by atoms with Crippen LogP contribution in [-0.4, -0.2) is 44.1 Å². The molecule has 1 unspecified atom stereocenters. The van der Waals surface area contributed by atoms with Gasteiger partial charge < -0.3 is 20.7 Å². The number of halogens is 2. The topological polar surface area (TPSA) is 74.8 Å². The number of para-hydroxylation sites is 1. The third-order valence-electron chi connectivity index (χ3n) is 3.04. The second kappa shape index (κ2) is 12.7. The third-order valence-corrected chi connectivity index (χ3v) is 3.04. The van der Waals surface area contributed by atoms with Crippen molar-refractivity contribution in [1.29, 1.82) is 0 Å². The summed E-state index contributed by atoms with van der Waals surface area (Å²) in [5.74, 6) is 0.392. The number of hydrogen-bond acceptors (Lipinski definition) is 3. The summed E-state index contributed by atoms with van der Waals surface area (Å²) >= 11 is 0. The van der Waals surface area contributed by atoms with Crippen molar-refractivity contribution in [3.05, 3.63) is 30.1 Å². The molecule has 0 heterocycles. The van der Waals surface area contributed by atoms with Crippen molar-refractivity contribution in [1.82, 2.24) is 16.0 Å². The summed E-state index contributed by atoms with van der Waals surface area (Å²) in [4.78, 5) is 15.6. The Labute approximate surface area is 166 Å². The van der Waals surface area contributed by atoms with Crippen molar-refractivity contribution in [3.63, 3.8) is 0 Å². The van der Waals surface area contributed by atoms with Gasteiger partial charge in [-0.2, -0.15) is 0 Å². The second-order valence-corrected chi connectivity index (χ2v) is 5.71. The van der Waals surface area contributed by atoms with E-state index in [0.717, 1.165) is 0 Å². The molecule has 8 heteroatoms. The van der Waals surface area contributed by atoms with E-state index in [1.54, 1.807) is 25.2 Å². The summed E-state index contributed by atoms with van der Waals surface area (Å²) in [6.45, 7) is 6.60. The van der Waals surface area contributed by atoms with E-state index in [2.05, 4.69) is 20.9 Å². The van der Waals surface area contributed by atoms with Gasteiger partial charge in [-0.25, -0.2) is 4.39 Å². The van der Waals surface area contributed by atoms with E-state index >= 15 is 0 Å². The molecule has 142 valence electrons. The zero-order valence-electron chi connectivity index (χ0n) is 15.1. The molecule has 1 atom stereocenters. The number of carbonyl (C=O) groups is 1. The van der Waals surface area contributed by atoms with Gasteiger partial charge in [-0.3, -0.25) is 9.79 Å². The molecule has 1 rings (SSSR count). The van der Waals surface area contributed by atoms with E-state index in [4.69, 9.17) is 4.74 Å². The summed E-state index contributed by atoms with van der Waals surface area (Å²) in [7, 11) is 1.64. The van der Waals surface area contributed by atoms with Crippen LogP contribution in [0.25, 0.3) is 0 Å². The van der Waals surface area contributed by atoms with Crippen LogP contribution >= 0.6 is 24.0 Å². The highest BCUT2D eigenvalue weighted by molar-refractivity contribution is 14.0. The van der Waals surface area contributed by atoms with Crippen LogP contribution in [0, 0.1) is 5.82 Å². The summed E-state index contributed by atoms with van der Waals surface area (Å²) in [5, 5.41) is 8.96. The Morgan fingerprint density at radius 1 is 1.24 bits per heavy atom. The monoisotopic (exact) mass is 466 g/mol. The predicted octanol–water partition coefficient (Wildman–Crippen LogP) is 2.29. The SMILES string of the molecule is CN=C(NCCC(=O)NC(C)C)NCC(C)Oc1ccccc1F.I. The van der Waals surface area contributed by atoms with Gasteiger partial charge in [-0.1, -0.05) is 12.1 Å². The first-order valence-electron chi connectivity index (χ1n) is 8.07. The van der Waals surface area contributed by atoms with Gasteiger partial charge in [0.2, 0.25) is 5.91 Å². The van der Waals surface area contributed by atoms with Gasteiger partial charge in [-0.05, 0) is 32.9 Å². The Bertz CT molecular complexity index is 555. The minimum atomic E-state index is -0.386. The molecule has 0 aromatic heterocycles. The Kier molecular flexibility index (Phi) is 11.9. The first-order chi connectivity index (χ1) is 11.4. The normalized spacial score (nSPS) is 12.2. The fourth-order valence-electron chi connectivity index (χ4n) is 1.95. The van der Waals surface area contributed by atoms with Crippen LogP contribution in [0.4, 0.5) is 4.39 Å². The van der Waals surface area contributed by atoms with Gasteiger partial charge >= 0.3 is 0 Å². The summed E-state index contributed by atoms with van der Waals surface area (Å²) in [6, 6.07) is 6.42. The zero-order chi connectivity index (χ0) is 17.9. The van der Waals surface area contributed by atoms with Crippen LogP contribution in [0.1, 0.15) is 27.2 Å². The number of nitrogens with one attached hydrogen (secondary N) is 3. The molecule has 25 heavy (non-hydrogen) atoms. The van der Waals surface area contributed by atoms with E-state index < -0.39 is 0 Å². The van der Waals surface area contributed by atoms with E-state index in [1.165, 1.54) is 6.07 Å². The van der Waals surface area contributed by atoms with Crippen molar-refractivity contribution < 1.29 is 13.9 Å². The number of rotatable bonds is 8. The number of carbonyl (C=O) groups excluding carboxylic acids is 1. The number of hydrogen-bond donors (Lipinski definition) is 3. The Balaban J connectivity index is 0.00000576. The number of nitrogens with zero attached hydrogens (tertiary/aromatic N) is 1. The van der Waals surface area contributed by atoms with E-state index in [-0.39, 0.29) is 53.6 Å². The van der Waals surface area contributed by atoms with E-state index in [0.29, 0.717) is 25.5 Å². The van der Waals surface area contributed by atoms with Gasteiger partial charge in [0.1, 0.15) is 6.10 Å². The Morgan fingerprint density at radius 2 is 1.92 bits per heavy atom. The maximum Gasteiger partial charge on any atom is 0.221 e. The lowest BCUT2D eigenvalue weighted by molar-refractivity contribution is -0.121. The second-order valence-electron chi connectivity index (χ2n) is 5.71. The average Bonchev–Trinajstić information content (AvgIpc) is 2.52. The summed E-state index contributed by atoms with van der Waals surface area (Å²) < 4.78 is 19.1. The maximum absolute atomic E-state index is 13.5. The van der Waals surface area contributed by atoms with Crippen molar-refractivity contribution in [2.75, 3.05) is 20.1 Å². The molecule has 0 radical (unpaired) electrons. The number of benzene rings is 1. The lowest BCUT2D eigenvalue weighted by Crippen LogP contribution is -2.43. The number of ether oxygens (including phenoxy) is 1. The van der Waals surface area contributed by atoms with Crippen LogP contribution in [0.15, 0.2) is 29.3 Å². The molecule has 0 aliphatic carbocycles. The van der Waals surface area contributed by atoms with Crippen LogP contribution < -0.4 is 20.7 Å². The highest BCUT2D eigenvalue weighted by atomic mass is 127. The first kappa shape index (κ1) is 23.4. The Hall–Kier alpha value is -1.58. The quantitative estimate of drug-likeness (QED) is 0.312. The fraction of sp³-hybridized carbons (Fsp3) is 0.529. The molecule has 3 N–H and O–H groups in total. The highest BCUT2D eigenvalue weighted by Gasteiger charge is 2.09. The summed E-state index contributed by atoms with van der Waals surface area (Å²) in [6.07, 6.45) is 0.116. The standard InChI is InChI=1S/C17H27FN4O2.HI/c1-12(2)22-16(23)9-10-20-17(19-4)21-11-13(3)24-15-8-6-5-7-14(15)18;/h5-8,12-13H,9-11H2,1-4H3,(H,22,23)(H2,19,20,21);1H. The molecule has 0 aliphatic heterocycles. The fourth-order valence-corrected chi connectivity index (χ4v) is 1.95. The van der Waals surface area contributed by atoms with Gasteiger partial charge in [0, 0.05) is 26.1 Å². The molecular formula is C17H28FIN4O2. The van der Waals surface area contributed by atoms with Gasteiger partial charge in [0.15, 0.2) is 17.5 Å². The molecule has 1 aromatic carbocycles. The van der Waals surface area contributed by atoms with Crippen LogP contribution in [0.5, 0.6) is 5.75 Å². The molecule has 1 amide bonds. The smallest absolute Gasteiger partial charge is 0.221 e. The molecule has 0 fully saturated rings. The van der Waals surface area contributed by atoms with E-state index in [1.807, 2.05) is 20.8 Å². The highest BCUT2D eigenvalue weighted by Crippen LogP contribution is 2.16. The van der Waals surface area contributed by atoms with Gasteiger partial charge in [0.25, 0.3) is 0 Å². The van der Waals surface area contributed by atoms with E-state index in [9.17, 15) is 9.18 Å². The largest absolute Gasteiger partial charge is 0.486 e. The summed E-state index contributed by atoms with van der Waals surface area (Å²) in [5.41, 5.74) is 0. The van der Waals surface area contributed by atoms with Crippen molar-refractivity contribution in [2.24, 2.45) is 4.99 Å². The molecule has 6 nitrogen and oxygen atoms in total.